The van der Waals surface area contributed by atoms with Crippen LogP contribution in [0, 0.1) is 101 Å². The van der Waals surface area contributed by atoms with E-state index in [9.17, 15) is 0 Å². The van der Waals surface area contributed by atoms with Gasteiger partial charge in [-0.15, -0.1) is 16.7 Å². The zero-order valence-corrected chi connectivity index (χ0v) is 29.6. The summed E-state index contributed by atoms with van der Waals surface area (Å²) in [6.45, 7) is 31.0. The first-order valence-corrected chi connectivity index (χ1v) is 13.7. The molecule has 0 heterocycles. The van der Waals surface area contributed by atoms with E-state index in [0.717, 1.165) is 16.9 Å². The molecule has 0 aliphatic rings. The third-order valence-corrected chi connectivity index (χ3v) is 8.28. The summed E-state index contributed by atoms with van der Waals surface area (Å²) in [6.07, 6.45) is 0. The van der Waals surface area contributed by atoms with Crippen molar-refractivity contribution >= 4 is 0 Å². The number of aliphatic hydroxyl groups is 1. The second kappa shape index (κ2) is 14.3. The van der Waals surface area contributed by atoms with Crippen LogP contribution in [0.5, 0.6) is 5.75 Å². The van der Waals surface area contributed by atoms with Crippen LogP contribution in [0.4, 0.5) is 0 Å². The largest absolute Gasteiger partial charge is 0.493 e. The van der Waals surface area contributed by atoms with Crippen molar-refractivity contribution in [1.29, 1.82) is 0 Å². The van der Waals surface area contributed by atoms with Crippen molar-refractivity contribution in [2.75, 3.05) is 13.2 Å². The van der Waals surface area contributed by atoms with E-state index in [1.165, 1.54) is 77.9 Å². The third kappa shape index (κ3) is 6.70. The normalized spacial score (nSPS) is 10.2. The smallest absolute Gasteiger partial charge is 0.125 e. The molecular formula is C36H47O2W-. The van der Waals surface area contributed by atoms with Crippen molar-refractivity contribution in [2.24, 2.45) is 0 Å². The van der Waals surface area contributed by atoms with Gasteiger partial charge in [0, 0.05) is 38.8 Å². The molecule has 0 unspecified atom stereocenters. The molecule has 0 spiro atoms. The van der Waals surface area contributed by atoms with Crippen LogP contribution >= 0.6 is 0 Å². The van der Waals surface area contributed by atoms with Crippen molar-refractivity contribution in [3.05, 3.63) is 84.0 Å². The minimum atomic E-state index is 0. The molecule has 2 nitrogen and oxygen atoms in total. The van der Waals surface area contributed by atoms with Gasteiger partial charge in [-0.05, 0) is 119 Å². The van der Waals surface area contributed by atoms with Crippen molar-refractivity contribution in [1.82, 2.24) is 0 Å². The SMILES string of the molecule is CCO.CCOc1c(C)c(C)c(C#Cc2c(C)c(C)c(-c3c(C)c(C)[c-]c(C)c3C)c(C)c2C)c(C)c1C.[W]. The molecule has 0 saturated carbocycles. The molecule has 0 fully saturated rings. The fraction of sp³-hybridized carbons (Fsp3) is 0.444. The van der Waals surface area contributed by atoms with Crippen LogP contribution in [0.1, 0.15) is 91.7 Å². The van der Waals surface area contributed by atoms with Crippen LogP contribution in [0.3, 0.4) is 0 Å². The molecule has 0 saturated heterocycles. The van der Waals surface area contributed by atoms with E-state index in [-0.39, 0.29) is 27.7 Å². The molecule has 1 N–H and O–H groups in total. The van der Waals surface area contributed by atoms with Gasteiger partial charge >= 0.3 is 0 Å². The number of ether oxygens (including phenoxy) is 1. The van der Waals surface area contributed by atoms with Gasteiger partial charge in [-0.25, -0.2) is 0 Å². The van der Waals surface area contributed by atoms with Crippen LogP contribution in [-0.4, -0.2) is 18.3 Å². The van der Waals surface area contributed by atoms with Crippen molar-refractivity contribution in [2.45, 2.75) is 96.9 Å². The summed E-state index contributed by atoms with van der Waals surface area (Å²) in [5.74, 6) is 8.18. The Labute approximate surface area is 252 Å². The number of benzene rings is 3. The predicted molar refractivity (Wildman–Crippen MR) is 164 cm³/mol. The monoisotopic (exact) mass is 695 g/mol. The summed E-state index contributed by atoms with van der Waals surface area (Å²) in [6, 6.07) is 3.54. The number of rotatable bonds is 3. The number of aliphatic hydroxyl groups excluding tert-OH is 1. The molecule has 0 bridgehead atoms. The summed E-state index contributed by atoms with van der Waals surface area (Å²) in [5, 5.41) is 7.57. The summed E-state index contributed by atoms with van der Waals surface area (Å²) in [5.41, 5.74) is 20.1. The molecule has 0 atom stereocenters. The van der Waals surface area contributed by atoms with E-state index >= 15 is 0 Å². The maximum atomic E-state index is 7.57. The number of aryl methyl sites for hydroxylation is 2. The maximum Gasteiger partial charge on any atom is 0.125 e. The van der Waals surface area contributed by atoms with Crippen LogP contribution in [-0.2, 0) is 21.1 Å². The van der Waals surface area contributed by atoms with E-state index in [4.69, 9.17) is 9.84 Å². The van der Waals surface area contributed by atoms with Gasteiger partial charge in [0.05, 0.1) is 6.61 Å². The van der Waals surface area contributed by atoms with Gasteiger partial charge in [-0.1, -0.05) is 39.5 Å². The quantitative estimate of drug-likeness (QED) is 0.220. The Balaban J connectivity index is 0.00000181. The van der Waals surface area contributed by atoms with Gasteiger partial charge in [-0.3, -0.25) is 0 Å². The van der Waals surface area contributed by atoms with Crippen LogP contribution in [0.25, 0.3) is 11.1 Å². The molecule has 3 aromatic carbocycles. The molecule has 0 amide bonds. The second-order valence-corrected chi connectivity index (χ2v) is 10.5. The van der Waals surface area contributed by atoms with Crippen LogP contribution < -0.4 is 4.74 Å². The van der Waals surface area contributed by atoms with Crippen molar-refractivity contribution in [3.63, 3.8) is 0 Å². The molecule has 0 radical (unpaired) electrons. The molecule has 0 aromatic heterocycles. The molecule has 3 heteroatoms. The molecule has 3 rings (SSSR count). The fourth-order valence-corrected chi connectivity index (χ4v) is 5.33. The fourth-order valence-electron chi connectivity index (χ4n) is 5.33. The molecular weight excluding hydrogens is 648 g/mol. The first kappa shape index (κ1) is 34.7. The summed E-state index contributed by atoms with van der Waals surface area (Å²) < 4.78 is 5.96. The zero-order chi connectivity index (χ0) is 29.1. The van der Waals surface area contributed by atoms with Gasteiger partial charge < -0.3 is 9.84 Å². The van der Waals surface area contributed by atoms with Crippen LogP contribution in [0.2, 0.25) is 0 Å². The van der Waals surface area contributed by atoms with Gasteiger partial charge in [0.25, 0.3) is 0 Å². The first-order valence-electron chi connectivity index (χ1n) is 13.7. The van der Waals surface area contributed by atoms with Crippen molar-refractivity contribution < 1.29 is 30.9 Å². The zero-order valence-electron chi connectivity index (χ0n) is 26.7. The molecule has 210 valence electrons. The van der Waals surface area contributed by atoms with E-state index in [1.807, 2.05) is 6.92 Å². The van der Waals surface area contributed by atoms with Crippen molar-refractivity contribution in [3.8, 4) is 28.7 Å². The molecule has 3 aromatic rings. The number of hydrogen-bond acceptors (Lipinski definition) is 2. The van der Waals surface area contributed by atoms with Gasteiger partial charge in [0.2, 0.25) is 0 Å². The third-order valence-electron chi connectivity index (χ3n) is 8.28. The maximum absolute atomic E-state index is 7.57. The minimum Gasteiger partial charge on any atom is -0.493 e. The average molecular weight is 696 g/mol. The Morgan fingerprint density at radius 1 is 0.538 bits per heavy atom. The molecule has 0 aliphatic heterocycles. The molecule has 0 aliphatic carbocycles. The number of hydrogen-bond donors (Lipinski definition) is 1. The Kier molecular flexibility index (Phi) is 12.8. The predicted octanol–water partition coefficient (Wildman–Crippen LogP) is 8.65. The summed E-state index contributed by atoms with van der Waals surface area (Å²) in [7, 11) is 0. The first-order chi connectivity index (χ1) is 17.8. The molecule has 39 heavy (non-hydrogen) atoms. The van der Waals surface area contributed by atoms with Crippen LogP contribution in [0.15, 0.2) is 0 Å². The van der Waals surface area contributed by atoms with Gasteiger partial charge in [0.15, 0.2) is 0 Å². The Morgan fingerprint density at radius 3 is 1.18 bits per heavy atom. The van der Waals surface area contributed by atoms with E-state index in [1.54, 1.807) is 6.92 Å². The van der Waals surface area contributed by atoms with Gasteiger partial charge in [-0.2, -0.15) is 17.2 Å². The minimum absolute atomic E-state index is 0. The topological polar surface area (TPSA) is 29.5 Å². The van der Waals surface area contributed by atoms with Gasteiger partial charge in [0.1, 0.15) is 5.75 Å². The second-order valence-electron chi connectivity index (χ2n) is 10.5. The van der Waals surface area contributed by atoms with E-state index in [0.29, 0.717) is 6.61 Å². The van der Waals surface area contributed by atoms with E-state index in [2.05, 4.69) is 101 Å². The standard InChI is InChI=1S/C34H41O.C2H6O.W/c1-14-35-34-28(12)24(8)31(25(9)29(34)13)16-15-30-22(6)26(10)33(27(11)23(30)7)32-20(4)18(2)17-19(3)21(32)5;1-2-3;/h14H2,1-13H3;3H,2H2,1H3;/q-1;;. The van der Waals surface area contributed by atoms with E-state index < -0.39 is 0 Å². The Bertz CT molecular complexity index is 1350. The summed E-state index contributed by atoms with van der Waals surface area (Å²) >= 11 is 0. The average Bonchev–Trinajstić information content (AvgIpc) is 2.87. The summed E-state index contributed by atoms with van der Waals surface area (Å²) in [4.78, 5) is 0. The Hall–Kier alpha value is -2.33. The Morgan fingerprint density at radius 2 is 0.846 bits per heavy atom.